The molecular weight excluding hydrogens is 254 g/mol. The van der Waals surface area contributed by atoms with Crippen LogP contribution in [0.15, 0.2) is 42.7 Å². The number of pyridine rings is 1. The highest BCUT2D eigenvalue weighted by Gasteiger charge is 2.04. The molecule has 0 radical (unpaired) electrons. The second kappa shape index (κ2) is 6.34. The van der Waals surface area contributed by atoms with Gasteiger partial charge in [0.25, 0.3) is 0 Å². The summed E-state index contributed by atoms with van der Waals surface area (Å²) < 4.78 is 0. The molecule has 5 heteroatoms. The molecule has 0 aliphatic heterocycles. The maximum absolute atomic E-state index is 10.9. The van der Waals surface area contributed by atoms with Crippen molar-refractivity contribution >= 4 is 11.7 Å². The molecule has 0 fully saturated rings. The molecule has 1 aromatic heterocycles. The van der Waals surface area contributed by atoms with Gasteiger partial charge in [0.2, 0.25) is 0 Å². The molecule has 0 saturated heterocycles. The number of carboxylic acids is 1. The molecule has 20 heavy (non-hydrogen) atoms. The third-order valence-corrected chi connectivity index (χ3v) is 2.84. The zero-order valence-electron chi connectivity index (χ0n) is 10.7. The second-order valence-electron chi connectivity index (χ2n) is 4.22. The van der Waals surface area contributed by atoms with E-state index in [1.807, 2.05) is 6.07 Å². The van der Waals surface area contributed by atoms with E-state index in [4.69, 9.17) is 10.4 Å². The Morgan fingerprint density at radius 1 is 1.40 bits per heavy atom. The van der Waals surface area contributed by atoms with Gasteiger partial charge in [0.05, 0.1) is 23.0 Å². The van der Waals surface area contributed by atoms with Crippen LogP contribution in [0.3, 0.4) is 0 Å². The number of carboxylic acid groups (broad SMARTS) is 1. The van der Waals surface area contributed by atoms with Crippen LogP contribution in [0.4, 0.5) is 5.69 Å². The number of nitrogens with zero attached hydrogens (tertiary/aromatic N) is 2. The van der Waals surface area contributed by atoms with Crippen molar-refractivity contribution in [3.8, 4) is 6.07 Å². The SMILES string of the molecule is N#Cc1ccncc1NCCc1cccc(C(=O)O)c1. The van der Waals surface area contributed by atoms with Crippen LogP contribution >= 0.6 is 0 Å². The van der Waals surface area contributed by atoms with Crippen LogP contribution < -0.4 is 5.32 Å². The summed E-state index contributed by atoms with van der Waals surface area (Å²) in [5, 5.41) is 21.0. The average Bonchev–Trinajstić information content (AvgIpc) is 2.48. The Bertz CT molecular complexity index is 662. The largest absolute Gasteiger partial charge is 0.478 e. The van der Waals surface area contributed by atoms with E-state index in [1.165, 1.54) is 0 Å². The molecule has 1 heterocycles. The smallest absolute Gasteiger partial charge is 0.335 e. The molecule has 0 unspecified atom stereocenters. The summed E-state index contributed by atoms with van der Waals surface area (Å²) in [6, 6.07) is 10.6. The lowest BCUT2D eigenvalue weighted by molar-refractivity contribution is 0.0697. The minimum Gasteiger partial charge on any atom is -0.478 e. The summed E-state index contributed by atoms with van der Waals surface area (Å²) in [5.41, 5.74) is 2.44. The molecule has 0 bridgehead atoms. The Kier molecular flexibility index (Phi) is 4.30. The van der Waals surface area contributed by atoms with E-state index in [2.05, 4.69) is 16.4 Å². The average molecular weight is 267 g/mol. The molecule has 5 nitrogen and oxygen atoms in total. The molecule has 0 amide bonds. The molecule has 0 saturated carbocycles. The Morgan fingerprint density at radius 3 is 3.00 bits per heavy atom. The summed E-state index contributed by atoms with van der Waals surface area (Å²) in [6.07, 6.45) is 3.84. The van der Waals surface area contributed by atoms with Gasteiger partial charge in [-0.25, -0.2) is 4.79 Å². The first kappa shape index (κ1) is 13.6. The van der Waals surface area contributed by atoms with E-state index >= 15 is 0 Å². The van der Waals surface area contributed by atoms with Gasteiger partial charge in [-0.1, -0.05) is 12.1 Å². The maximum Gasteiger partial charge on any atom is 0.335 e. The van der Waals surface area contributed by atoms with Crippen molar-refractivity contribution in [2.24, 2.45) is 0 Å². The molecular formula is C15H13N3O2. The number of rotatable bonds is 5. The number of nitriles is 1. The van der Waals surface area contributed by atoms with E-state index < -0.39 is 5.97 Å². The predicted octanol–water partition coefficient (Wildman–Crippen LogP) is 2.31. The van der Waals surface area contributed by atoms with Crippen LogP contribution in [0.25, 0.3) is 0 Å². The Hall–Kier alpha value is -2.87. The number of carbonyl (C=O) groups is 1. The number of hydrogen-bond acceptors (Lipinski definition) is 4. The fourth-order valence-electron chi connectivity index (χ4n) is 1.83. The molecule has 2 aromatic rings. The molecule has 1 aromatic carbocycles. The van der Waals surface area contributed by atoms with E-state index in [1.54, 1.807) is 36.7 Å². The lowest BCUT2D eigenvalue weighted by Crippen LogP contribution is -2.07. The highest BCUT2D eigenvalue weighted by atomic mass is 16.4. The van der Waals surface area contributed by atoms with Crippen molar-refractivity contribution in [3.05, 3.63) is 59.4 Å². The number of anilines is 1. The van der Waals surface area contributed by atoms with E-state index in [9.17, 15) is 4.79 Å². The van der Waals surface area contributed by atoms with Gasteiger partial charge in [-0.2, -0.15) is 5.26 Å². The standard InChI is InChI=1S/C15H13N3O2/c16-9-13-5-6-17-10-14(13)18-7-4-11-2-1-3-12(8-11)15(19)20/h1-3,5-6,8,10,18H,4,7H2,(H,19,20). The first-order valence-electron chi connectivity index (χ1n) is 6.11. The molecule has 2 rings (SSSR count). The first-order chi connectivity index (χ1) is 9.70. The summed E-state index contributed by atoms with van der Waals surface area (Å²) in [5.74, 6) is -0.932. The lowest BCUT2D eigenvalue weighted by Gasteiger charge is -2.07. The van der Waals surface area contributed by atoms with Crippen LogP contribution in [-0.4, -0.2) is 22.6 Å². The number of hydrogen-bond donors (Lipinski definition) is 2. The number of aromatic carboxylic acids is 1. The van der Waals surface area contributed by atoms with Gasteiger partial charge < -0.3 is 10.4 Å². The number of nitrogens with one attached hydrogen (secondary N) is 1. The van der Waals surface area contributed by atoms with Gasteiger partial charge in [0.15, 0.2) is 0 Å². The monoisotopic (exact) mass is 267 g/mol. The topological polar surface area (TPSA) is 86.0 Å². The minimum atomic E-state index is -0.932. The van der Waals surface area contributed by atoms with E-state index in [0.29, 0.717) is 24.2 Å². The molecule has 0 spiro atoms. The molecule has 2 N–H and O–H groups in total. The van der Waals surface area contributed by atoms with Crippen molar-refractivity contribution in [1.82, 2.24) is 4.98 Å². The third-order valence-electron chi connectivity index (χ3n) is 2.84. The van der Waals surface area contributed by atoms with Crippen LogP contribution in [0, 0.1) is 11.3 Å². The molecule has 0 aliphatic carbocycles. The maximum atomic E-state index is 10.9. The first-order valence-corrected chi connectivity index (χ1v) is 6.11. The van der Waals surface area contributed by atoms with Crippen molar-refractivity contribution in [3.63, 3.8) is 0 Å². The van der Waals surface area contributed by atoms with Crippen molar-refractivity contribution < 1.29 is 9.90 Å². The van der Waals surface area contributed by atoms with Crippen LogP contribution in [0.2, 0.25) is 0 Å². The summed E-state index contributed by atoms with van der Waals surface area (Å²) >= 11 is 0. The van der Waals surface area contributed by atoms with E-state index in [-0.39, 0.29) is 5.56 Å². The molecule has 0 atom stereocenters. The van der Waals surface area contributed by atoms with Crippen molar-refractivity contribution in [1.29, 1.82) is 5.26 Å². The van der Waals surface area contributed by atoms with Crippen LogP contribution in [-0.2, 0) is 6.42 Å². The summed E-state index contributed by atoms with van der Waals surface area (Å²) in [7, 11) is 0. The Labute approximate surface area is 116 Å². The molecule has 0 aliphatic rings. The normalized spacial score (nSPS) is 9.75. The van der Waals surface area contributed by atoms with Gasteiger partial charge in [0.1, 0.15) is 6.07 Å². The fourth-order valence-corrected chi connectivity index (χ4v) is 1.83. The van der Waals surface area contributed by atoms with Crippen molar-refractivity contribution in [2.75, 3.05) is 11.9 Å². The lowest BCUT2D eigenvalue weighted by atomic mass is 10.1. The zero-order chi connectivity index (χ0) is 14.4. The van der Waals surface area contributed by atoms with Crippen molar-refractivity contribution in [2.45, 2.75) is 6.42 Å². The quantitative estimate of drug-likeness (QED) is 0.868. The number of benzene rings is 1. The zero-order valence-corrected chi connectivity index (χ0v) is 10.7. The van der Waals surface area contributed by atoms with E-state index in [0.717, 1.165) is 5.56 Å². The second-order valence-corrected chi connectivity index (χ2v) is 4.22. The van der Waals surface area contributed by atoms with Crippen LogP contribution in [0.1, 0.15) is 21.5 Å². The van der Waals surface area contributed by atoms with Gasteiger partial charge in [-0.3, -0.25) is 4.98 Å². The van der Waals surface area contributed by atoms with Gasteiger partial charge in [-0.15, -0.1) is 0 Å². The Balaban J connectivity index is 1.98. The highest BCUT2D eigenvalue weighted by Crippen LogP contribution is 2.12. The fraction of sp³-hybridized carbons (Fsp3) is 0.133. The van der Waals surface area contributed by atoms with Gasteiger partial charge in [-0.05, 0) is 30.2 Å². The minimum absolute atomic E-state index is 0.279. The summed E-state index contributed by atoms with van der Waals surface area (Å²) in [4.78, 5) is 14.8. The van der Waals surface area contributed by atoms with Gasteiger partial charge in [0, 0.05) is 12.7 Å². The molecule has 100 valence electrons. The Morgan fingerprint density at radius 2 is 2.25 bits per heavy atom. The third kappa shape index (κ3) is 3.33. The highest BCUT2D eigenvalue weighted by molar-refractivity contribution is 5.87. The predicted molar refractivity (Wildman–Crippen MR) is 74.5 cm³/mol. The van der Waals surface area contributed by atoms with Gasteiger partial charge >= 0.3 is 5.97 Å². The van der Waals surface area contributed by atoms with Crippen LogP contribution in [0.5, 0.6) is 0 Å². The summed E-state index contributed by atoms with van der Waals surface area (Å²) in [6.45, 7) is 0.601. The number of aromatic nitrogens is 1.